The van der Waals surface area contributed by atoms with E-state index in [2.05, 4.69) is 0 Å². The summed E-state index contributed by atoms with van der Waals surface area (Å²) in [6.07, 6.45) is 0.455. The Morgan fingerprint density at radius 1 is 1.47 bits per heavy atom. The number of carboxylic acid groups (broad SMARTS) is 1. The molecule has 1 aromatic rings. The van der Waals surface area contributed by atoms with Crippen LogP contribution in [0, 0.1) is 6.92 Å². The van der Waals surface area contributed by atoms with Crippen molar-refractivity contribution in [1.82, 2.24) is 0 Å². The van der Waals surface area contributed by atoms with Crippen molar-refractivity contribution in [3.63, 3.8) is 0 Å². The lowest BCUT2D eigenvalue weighted by Crippen LogP contribution is -2.16. The molecule has 0 atom stereocenters. The summed E-state index contributed by atoms with van der Waals surface area (Å²) in [4.78, 5) is 10.6. The third-order valence-electron chi connectivity index (χ3n) is 2.69. The van der Waals surface area contributed by atoms with Crippen LogP contribution in [0.1, 0.15) is 17.5 Å². The average molecular weight is 257 g/mol. The van der Waals surface area contributed by atoms with Gasteiger partial charge in [-0.3, -0.25) is 4.79 Å². The molecule has 0 unspecified atom stereocenters. The zero-order valence-electron chi connectivity index (χ0n) is 9.46. The highest BCUT2D eigenvalue weighted by Gasteiger charge is 2.20. The second-order valence-electron chi connectivity index (χ2n) is 3.90. The number of rotatable bonds is 3. The van der Waals surface area contributed by atoms with Gasteiger partial charge in [0.15, 0.2) is 11.5 Å². The molecule has 0 saturated carbocycles. The molecule has 0 amide bonds. The number of carbonyl (C=O) groups is 1. The van der Waals surface area contributed by atoms with E-state index in [1.54, 1.807) is 0 Å². The predicted octanol–water partition coefficient (Wildman–Crippen LogP) is 2.44. The molecule has 17 heavy (non-hydrogen) atoms. The van der Waals surface area contributed by atoms with Gasteiger partial charge in [0.05, 0.1) is 5.02 Å². The standard InChI is InChI=1S/C12H13ClO4/c1-7-6-9-12(17-5-4-16-9)11(13)8(7)2-3-10(14)15/h6H,2-5H2,1H3,(H,14,15). The minimum atomic E-state index is -0.838. The van der Waals surface area contributed by atoms with Gasteiger partial charge in [0.1, 0.15) is 13.2 Å². The molecule has 0 bridgehead atoms. The summed E-state index contributed by atoms with van der Waals surface area (Å²) in [6.45, 7) is 2.87. The lowest BCUT2D eigenvalue weighted by Gasteiger charge is -2.22. The molecule has 0 spiro atoms. The Hall–Kier alpha value is -1.42. The molecule has 5 heteroatoms. The monoisotopic (exact) mass is 256 g/mol. The van der Waals surface area contributed by atoms with Crippen molar-refractivity contribution in [2.75, 3.05) is 13.2 Å². The zero-order valence-corrected chi connectivity index (χ0v) is 10.2. The number of aliphatic carboxylic acids is 1. The van der Waals surface area contributed by atoms with Crippen molar-refractivity contribution < 1.29 is 19.4 Å². The van der Waals surface area contributed by atoms with Crippen LogP contribution < -0.4 is 9.47 Å². The maximum atomic E-state index is 10.6. The molecule has 92 valence electrons. The Labute approximate surface area is 104 Å². The van der Waals surface area contributed by atoms with Gasteiger partial charge in [-0.1, -0.05) is 11.6 Å². The Kier molecular flexibility index (Phi) is 3.43. The Morgan fingerprint density at radius 3 is 2.88 bits per heavy atom. The molecular formula is C12H13ClO4. The van der Waals surface area contributed by atoms with E-state index in [0.717, 1.165) is 11.1 Å². The third kappa shape index (κ3) is 2.47. The van der Waals surface area contributed by atoms with Gasteiger partial charge in [-0.15, -0.1) is 0 Å². The molecule has 1 N–H and O–H groups in total. The quantitative estimate of drug-likeness (QED) is 0.903. The smallest absolute Gasteiger partial charge is 0.303 e. The number of hydrogen-bond donors (Lipinski definition) is 1. The molecular weight excluding hydrogens is 244 g/mol. The molecule has 1 aliphatic heterocycles. The molecule has 0 aromatic heterocycles. The summed E-state index contributed by atoms with van der Waals surface area (Å²) in [6, 6.07) is 1.84. The first kappa shape index (κ1) is 12.0. The average Bonchev–Trinajstić information content (AvgIpc) is 2.28. The molecule has 4 nitrogen and oxygen atoms in total. The fraction of sp³-hybridized carbons (Fsp3) is 0.417. The fourth-order valence-electron chi connectivity index (χ4n) is 1.84. The van der Waals surface area contributed by atoms with Crippen molar-refractivity contribution in [3.05, 3.63) is 22.2 Å². The van der Waals surface area contributed by atoms with Gasteiger partial charge < -0.3 is 14.6 Å². The summed E-state index contributed by atoms with van der Waals surface area (Å²) in [5.41, 5.74) is 1.75. The normalized spacial score (nSPS) is 13.5. The number of carboxylic acids is 1. The van der Waals surface area contributed by atoms with Crippen molar-refractivity contribution in [2.45, 2.75) is 19.8 Å². The number of hydrogen-bond acceptors (Lipinski definition) is 3. The first-order valence-electron chi connectivity index (χ1n) is 5.39. The summed E-state index contributed by atoms with van der Waals surface area (Å²) >= 11 is 6.22. The first-order valence-corrected chi connectivity index (χ1v) is 5.76. The number of halogens is 1. The Bertz CT molecular complexity index is 456. The van der Waals surface area contributed by atoms with E-state index in [9.17, 15) is 4.79 Å². The van der Waals surface area contributed by atoms with Crippen LogP contribution in [0.3, 0.4) is 0 Å². The van der Waals surface area contributed by atoms with Gasteiger partial charge in [-0.2, -0.15) is 0 Å². The maximum absolute atomic E-state index is 10.6. The highest BCUT2D eigenvalue weighted by Crippen LogP contribution is 2.41. The number of ether oxygens (including phenoxy) is 2. The number of aryl methyl sites for hydroxylation is 1. The second-order valence-corrected chi connectivity index (χ2v) is 4.28. The van der Waals surface area contributed by atoms with Crippen molar-refractivity contribution in [2.24, 2.45) is 0 Å². The largest absolute Gasteiger partial charge is 0.486 e. The zero-order chi connectivity index (χ0) is 12.4. The van der Waals surface area contributed by atoms with Crippen LogP contribution in [0.5, 0.6) is 11.5 Å². The van der Waals surface area contributed by atoms with E-state index >= 15 is 0 Å². The minimum absolute atomic E-state index is 0.0558. The van der Waals surface area contributed by atoms with Crippen LogP contribution in [0.2, 0.25) is 5.02 Å². The van der Waals surface area contributed by atoms with Crippen LogP contribution in [-0.4, -0.2) is 24.3 Å². The lowest BCUT2D eigenvalue weighted by atomic mass is 10.0. The summed E-state index contributed by atoms with van der Waals surface area (Å²) < 4.78 is 10.9. The second kappa shape index (κ2) is 4.84. The molecule has 0 radical (unpaired) electrons. The first-order chi connectivity index (χ1) is 8.09. The Morgan fingerprint density at radius 2 is 2.18 bits per heavy atom. The van der Waals surface area contributed by atoms with E-state index < -0.39 is 5.97 Å². The summed E-state index contributed by atoms with van der Waals surface area (Å²) in [5.74, 6) is 0.331. The van der Waals surface area contributed by atoms with Gasteiger partial charge in [-0.05, 0) is 30.5 Å². The molecule has 0 aliphatic carbocycles. The molecule has 0 fully saturated rings. The lowest BCUT2D eigenvalue weighted by molar-refractivity contribution is -0.136. The SMILES string of the molecule is Cc1cc2c(c(Cl)c1CCC(=O)O)OCCO2. The van der Waals surface area contributed by atoms with Crippen LogP contribution in [0.25, 0.3) is 0 Å². The van der Waals surface area contributed by atoms with E-state index in [4.69, 9.17) is 26.2 Å². The van der Waals surface area contributed by atoms with Crippen molar-refractivity contribution >= 4 is 17.6 Å². The Balaban J connectivity index is 2.35. The van der Waals surface area contributed by atoms with E-state index in [-0.39, 0.29) is 6.42 Å². The molecule has 1 heterocycles. The number of benzene rings is 1. The van der Waals surface area contributed by atoms with E-state index in [1.807, 2.05) is 13.0 Å². The molecule has 0 saturated heterocycles. The molecule has 2 rings (SSSR count). The molecule has 1 aliphatic rings. The summed E-state index contributed by atoms with van der Waals surface area (Å²) in [5, 5.41) is 9.17. The van der Waals surface area contributed by atoms with E-state index in [0.29, 0.717) is 36.2 Å². The molecule has 1 aromatic carbocycles. The third-order valence-corrected chi connectivity index (χ3v) is 3.09. The highest BCUT2D eigenvalue weighted by molar-refractivity contribution is 6.33. The number of fused-ring (bicyclic) bond motifs is 1. The van der Waals surface area contributed by atoms with Gasteiger partial charge in [0.2, 0.25) is 0 Å². The van der Waals surface area contributed by atoms with Gasteiger partial charge in [0.25, 0.3) is 0 Å². The van der Waals surface area contributed by atoms with Gasteiger partial charge >= 0.3 is 5.97 Å². The summed E-state index contributed by atoms with van der Waals surface area (Å²) in [7, 11) is 0. The fourth-order valence-corrected chi connectivity index (χ4v) is 2.23. The maximum Gasteiger partial charge on any atom is 0.303 e. The minimum Gasteiger partial charge on any atom is -0.486 e. The van der Waals surface area contributed by atoms with Crippen molar-refractivity contribution in [3.8, 4) is 11.5 Å². The highest BCUT2D eigenvalue weighted by atomic mass is 35.5. The topological polar surface area (TPSA) is 55.8 Å². The van der Waals surface area contributed by atoms with Gasteiger partial charge in [0, 0.05) is 6.42 Å². The van der Waals surface area contributed by atoms with Crippen LogP contribution in [0.4, 0.5) is 0 Å². The van der Waals surface area contributed by atoms with Crippen LogP contribution in [-0.2, 0) is 11.2 Å². The van der Waals surface area contributed by atoms with Crippen molar-refractivity contribution in [1.29, 1.82) is 0 Å². The predicted molar refractivity (Wildman–Crippen MR) is 63.1 cm³/mol. The van der Waals surface area contributed by atoms with E-state index in [1.165, 1.54) is 0 Å². The van der Waals surface area contributed by atoms with Crippen LogP contribution in [0.15, 0.2) is 6.07 Å². The van der Waals surface area contributed by atoms with Crippen LogP contribution >= 0.6 is 11.6 Å². The van der Waals surface area contributed by atoms with Gasteiger partial charge in [-0.25, -0.2) is 0 Å².